The van der Waals surface area contributed by atoms with Crippen molar-refractivity contribution in [3.63, 3.8) is 0 Å². The van der Waals surface area contributed by atoms with E-state index in [2.05, 4.69) is 5.10 Å². The molecule has 0 bridgehead atoms. The van der Waals surface area contributed by atoms with Crippen molar-refractivity contribution in [3.05, 3.63) is 48.3 Å². The summed E-state index contributed by atoms with van der Waals surface area (Å²) in [4.78, 5) is 25.3. The second-order valence-electron chi connectivity index (χ2n) is 4.17. The fraction of sp³-hybridized carbons (Fsp3) is 0.214. The summed E-state index contributed by atoms with van der Waals surface area (Å²) >= 11 is 0. The summed E-state index contributed by atoms with van der Waals surface area (Å²) in [6.07, 6.45) is 3.31. The molecule has 0 saturated carbocycles. The van der Waals surface area contributed by atoms with Gasteiger partial charge < -0.3 is 9.64 Å². The van der Waals surface area contributed by atoms with Gasteiger partial charge in [-0.3, -0.25) is 9.48 Å². The van der Waals surface area contributed by atoms with E-state index in [9.17, 15) is 9.59 Å². The van der Waals surface area contributed by atoms with E-state index in [1.54, 1.807) is 49.8 Å². The molecule has 0 aliphatic heterocycles. The Hall–Kier alpha value is -2.63. The van der Waals surface area contributed by atoms with Crippen LogP contribution in [0.5, 0.6) is 0 Å². The van der Waals surface area contributed by atoms with Gasteiger partial charge in [0.2, 0.25) is 5.91 Å². The first-order chi connectivity index (χ1) is 9.63. The van der Waals surface area contributed by atoms with Crippen LogP contribution in [0.3, 0.4) is 0 Å². The molecular weight excluding hydrogens is 258 g/mol. The lowest BCUT2D eigenvalue weighted by atomic mass is 10.1. The lowest BCUT2D eigenvalue weighted by Gasteiger charge is -2.19. The van der Waals surface area contributed by atoms with Crippen molar-refractivity contribution >= 4 is 17.6 Å². The number of methoxy groups -OCH3 is 1. The van der Waals surface area contributed by atoms with Crippen molar-refractivity contribution < 1.29 is 14.3 Å². The summed E-state index contributed by atoms with van der Waals surface area (Å²) in [6, 6.07) is 8.56. The van der Waals surface area contributed by atoms with E-state index in [1.807, 2.05) is 0 Å². The quantitative estimate of drug-likeness (QED) is 0.788. The number of anilines is 1. The lowest BCUT2D eigenvalue weighted by Crippen LogP contribution is -2.31. The van der Waals surface area contributed by atoms with Crippen LogP contribution in [0.15, 0.2) is 42.7 Å². The molecule has 6 heteroatoms. The molecule has 0 N–H and O–H groups in total. The molecule has 0 aliphatic rings. The highest BCUT2D eigenvalue weighted by Gasteiger charge is 2.18. The first kappa shape index (κ1) is 13.8. The molecule has 0 spiro atoms. The molecule has 0 fully saturated rings. The third-order valence-electron chi connectivity index (χ3n) is 2.90. The number of likely N-dealkylation sites (N-methyl/N-ethyl adjacent to an activating group) is 1. The normalized spacial score (nSPS) is 10.1. The Labute approximate surface area is 116 Å². The highest BCUT2D eigenvalue weighted by molar-refractivity contribution is 6.02. The average molecular weight is 273 g/mol. The third kappa shape index (κ3) is 2.85. The minimum Gasteiger partial charge on any atom is -0.465 e. The van der Waals surface area contributed by atoms with Crippen LogP contribution < -0.4 is 4.90 Å². The second-order valence-corrected chi connectivity index (χ2v) is 4.17. The number of hydrogen-bond acceptors (Lipinski definition) is 4. The van der Waals surface area contributed by atoms with Crippen LogP contribution in [-0.2, 0) is 16.1 Å². The Kier molecular flexibility index (Phi) is 4.14. The molecule has 1 heterocycles. The number of esters is 1. The van der Waals surface area contributed by atoms with Crippen molar-refractivity contribution in [2.75, 3.05) is 19.1 Å². The van der Waals surface area contributed by atoms with Gasteiger partial charge in [-0.1, -0.05) is 12.1 Å². The van der Waals surface area contributed by atoms with E-state index in [0.717, 1.165) is 0 Å². The minimum absolute atomic E-state index is 0.110. The van der Waals surface area contributed by atoms with Crippen molar-refractivity contribution in [1.82, 2.24) is 9.78 Å². The number of carbonyl (C=O) groups is 2. The van der Waals surface area contributed by atoms with Crippen molar-refractivity contribution in [3.8, 4) is 0 Å². The molecule has 0 unspecified atom stereocenters. The zero-order valence-electron chi connectivity index (χ0n) is 11.3. The summed E-state index contributed by atoms with van der Waals surface area (Å²) in [5.74, 6) is -0.649. The predicted molar refractivity (Wildman–Crippen MR) is 73.4 cm³/mol. The molecule has 2 rings (SSSR count). The van der Waals surface area contributed by atoms with Crippen LogP contribution >= 0.6 is 0 Å². The second kappa shape index (κ2) is 6.01. The molecule has 1 aromatic heterocycles. The van der Waals surface area contributed by atoms with Crippen LogP contribution in [0.2, 0.25) is 0 Å². The van der Waals surface area contributed by atoms with Gasteiger partial charge >= 0.3 is 5.97 Å². The van der Waals surface area contributed by atoms with Gasteiger partial charge in [-0.05, 0) is 18.2 Å². The van der Waals surface area contributed by atoms with E-state index in [1.165, 1.54) is 16.7 Å². The average Bonchev–Trinajstić information content (AvgIpc) is 2.98. The van der Waals surface area contributed by atoms with Crippen molar-refractivity contribution in [2.24, 2.45) is 0 Å². The van der Waals surface area contributed by atoms with Gasteiger partial charge in [-0.2, -0.15) is 5.10 Å². The molecule has 1 amide bonds. The molecular formula is C14H15N3O3. The molecule has 0 aliphatic carbocycles. The lowest BCUT2D eigenvalue weighted by molar-refractivity contribution is -0.119. The standard InChI is InChI=1S/C14H15N3O3/c1-16(13(18)10-17-9-5-8-15-17)12-7-4-3-6-11(12)14(19)20-2/h3-9H,10H2,1-2H3. The molecule has 104 valence electrons. The Morgan fingerprint density at radius 1 is 1.30 bits per heavy atom. The van der Waals surface area contributed by atoms with Gasteiger partial charge in [0.15, 0.2) is 0 Å². The van der Waals surface area contributed by atoms with E-state index in [0.29, 0.717) is 11.3 Å². The smallest absolute Gasteiger partial charge is 0.339 e. The number of amides is 1. The third-order valence-corrected chi connectivity index (χ3v) is 2.90. The minimum atomic E-state index is -0.473. The Morgan fingerprint density at radius 3 is 2.70 bits per heavy atom. The molecule has 0 radical (unpaired) electrons. The van der Waals surface area contributed by atoms with Gasteiger partial charge in [0.1, 0.15) is 6.54 Å². The first-order valence-corrected chi connectivity index (χ1v) is 6.05. The summed E-state index contributed by atoms with van der Waals surface area (Å²) in [7, 11) is 2.93. The number of benzene rings is 1. The zero-order valence-corrected chi connectivity index (χ0v) is 11.3. The highest BCUT2D eigenvalue weighted by Crippen LogP contribution is 2.20. The fourth-order valence-corrected chi connectivity index (χ4v) is 1.82. The number of hydrogen-bond donors (Lipinski definition) is 0. The van der Waals surface area contributed by atoms with E-state index >= 15 is 0 Å². The number of ether oxygens (including phenoxy) is 1. The maximum Gasteiger partial charge on any atom is 0.339 e. The van der Waals surface area contributed by atoms with Gasteiger partial charge in [-0.15, -0.1) is 0 Å². The van der Waals surface area contributed by atoms with Gasteiger partial charge in [0.05, 0.1) is 18.4 Å². The van der Waals surface area contributed by atoms with E-state index in [-0.39, 0.29) is 12.5 Å². The Morgan fingerprint density at radius 2 is 2.05 bits per heavy atom. The first-order valence-electron chi connectivity index (χ1n) is 6.05. The summed E-state index contributed by atoms with van der Waals surface area (Å²) in [5, 5.41) is 3.98. The number of nitrogens with zero attached hydrogens (tertiary/aromatic N) is 3. The van der Waals surface area contributed by atoms with Crippen molar-refractivity contribution in [2.45, 2.75) is 6.54 Å². The van der Waals surface area contributed by atoms with Gasteiger partial charge in [-0.25, -0.2) is 4.79 Å². The van der Waals surface area contributed by atoms with Crippen LogP contribution in [0.25, 0.3) is 0 Å². The van der Waals surface area contributed by atoms with Crippen LogP contribution in [0.1, 0.15) is 10.4 Å². The fourth-order valence-electron chi connectivity index (χ4n) is 1.82. The molecule has 6 nitrogen and oxygen atoms in total. The predicted octanol–water partition coefficient (Wildman–Crippen LogP) is 1.33. The molecule has 0 saturated heterocycles. The SMILES string of the molecule is COC(=O)c1ccccc1N(C)C(=O)Cn1cccn1. The van der Waals surface area contributed by atoms with Crippen LogP contribution in [-0.4, -0.2) is 35.8 Å². The monoisotopic (exact) mass is 273 g/mol. The summed E-state index contributed by atoms with van der Waals surface area (Å²) in [5.41, 5.74) is 0.864. The summed E-state index contributed by atoms with van der Waals surface area (Å²) < 4.78 is 6.25. The highest BCUT2D eigenvalue weighted by atomic mass is 16.5. The Balaban J connectivity index is 2.22. The zero-order chi connectivity index (χ0) is 14.5. The van der Waals surface area contributed by atoms with E-state index in [4.69, 9.17) is 4.74 Å². The Bertz CT molecular complexity index is 608. The van der Waals surface area contributed by atoms with Crippen LogP contribution in [0.4, 0.5) is 5.69 Å². The molecule has 20 heavy (non-hydrogen) atoms. The maximum absolute atomic E-state index is 12.2. The molecule has 0 atom stereocenters. The van der Waals surface area contributed by atoms with Gasteiger partial charge in [0, 0.05) is 19.4 Å². The maximum atomic E-state index is 12.2. The number of aromatic nitrogens is 2. The number of carbonyl (C=O) groups excluding carboxylic acids is 2. The number of rotatable bonds is 4. The summed E-state index contributed by atoms with van der Waals surface area (Å²) in [6.45, 7) is 0.110. The van der Waals surface area contributed by atoms with Gasteiger partial charge in [0.25, 0.3) is 0 Å². The topological polar surface area (TPSA) is 64.4 Å². The largest absolute Gasteiger partial charge is 0.465 e. The van der Waals surface area contributed by atoms with Crippen molar-refractivity contribution in [1.29, 1.82) is 0 Å². The molecule has 2 aromatic rings. The number of para-hydroxylation sites is 1. The van der Waals surface area contributed by atoms with E-state index < -0.39 is 5.97 Å². The van der Waals surface area contributed by atoms with Crippen LogP contribution in [0, 0.1) is 0 Å². The molecule has 1 aromatic carbocycles.